The van der Waals surface area contributed by atoms with Gasteiger partial charge in [0.15, 0.2) is 5.65 Å². The van der Waals surface area contributed by atoms with Gasteiger partial charge in [-0.3, -0.25) is 4.79 Å². The van der Waals surface area contributed by atoms with E-state index in [0.29, 0.717) is 28.1 Å². The second-order valence-electron chi connectivity index (χ2n) is 5.91. The van der Waals surface area contributed by atoms with Crippen molar-refractivity contribution >= 4 is 30.8 Å². The van der Waals surface area contributed by atoms with Gasteiger partial charge in [-0.05, 0) is 24.3 Å². The topological polar surface area (TPSA) is 97.7 Å². The van der Waals surface area contributed by atoms with Crippen LogP contribution in [-0.2, 0) is 16.1 Å². The zero-order valence-electron chi connectivity index (χ0n) is 14.0. The van der Waals surface area contributed by atoms with Gasteiger partial charge in [0, 0.05) is 28.9 Å². The number of hydrogen-bond donors (Lipinski definition) is 1. The summed E-state index contributed by atoms with van der Waals surface area (Å²) in [6, 6.07) is 15.2. The minimum atomic E-state index is -3.81. The van der Waals surface area contributed by atoms with Crippen LogP contribution < -0.4 is 5.56 Å². The molecule has 0 bridgehead atoms. The van der Waals surface area contributed by atoms with E-state index in [0.717, 1.165) is 5.56 Å². The van der Waals surface area contributed by atoms with Gasteiger partial charge in [0.1, 0.15) is 16.9 Å². The van der Waals surface area contributed by atoms with Gasteiger partial charge in [0.25, 0.3) is 14.6 Å². The molecule has 0 unspecified atom stereocenters. The highest BCUT2D eigenvalue weighted by Crippen LogP contribution is 2.26. The molecule has 2 heterocycles. The highest BCUT2D eigenvalue weighted by atomic mass is 35.7. The van der Waals surface area contributed by atoms with Crippen LogP contribution in [-0.4, -0.2) is 28.2 Å². The lowest BCUT2D eigenvalue weighted by Crippen LogP contribution is -2.10. The Morgan fingerprint density at radius 1 is 1.00 bits per heavy atom. The van der Waals surface area contributed by atoms with E-state index in [1.165, 1.54) is 24.3 Å². The maximum absolute atomic E-state index is 12.7. The van der Waals surface area contributed by atoms with E-state index in [-0.39, 0.29) is 10.5 Å². The normalized spacial score (nSPS) is 11.8. The summed E-state index contributed by atoms with van der Waals surface area (Å²) in [5.41, 5.74) is 2.04. The third kappa shape index (κ3) is 3.13. The van der Waals surface area contributed by atoms with E-state index in [4.69, 9.17) is 10.7 Å². The predicted molar refractivity (Wildman–Crippen MR) is 103 cm³/mol. The zero-order valence-corrected chi connectivity index (χ0v) is 15.6. The first-order valence-corrected chi connectivity index (χ1v) is 10.2. The Hall–Kier alpha value is -2.97. The first-order valence-electron chi connectivity index (χ1n) is 7.92. The van der Waals surface area contributed by atoms with Crippen molar-refractivity contribution in [2.75, 3.05) is 0 Å². The molecule has 0 spiro atoms. The number of nitrogens with zero attached hydrogens (tertiary/aromatic N) is 3. The summed E-state index contributed by atoms with van der Waals surface area (Å²) >= 11 is 0. The molecule has 1 N–H and O–H groups in total. The molecule has 4 aromatic rings. The van der Waals surface area contributed by atoms with Crippen molar-refractivity contribution < 1.29 is 8.42 Å². The van der Waals surface area contributed by atoms with Crippen molar-refractivity contribution in [2.24, 2.45) is 7.05 Å². The molecule has 0 aliphatic heterocycles. The smallest absolute Gasteiger partial charge is 0.262 e. The molecule has 27 heavy (non-hydrogen) atoms. The predicted octanol–water partition coefficient (Wildman–Crippen LogP) is 2.92. The number of H-pyrrole nitrogens is 1. The van der Waals surface area contributed by atoms with Crippen molar-refractivity contribution in [3.8, 4) is 22.6 Å². The van der Waals surface area contributed by atoms with Gasteiger partial charge in [-0.1, -0.05) is 30.3 Å². The van der Waals surface area contributed by atoms with Crippen LogP contribution in [0.1, 0.15) is 0 Å². The van der Waals surface area contributed by atoms with Crippen LogP contribution in [0.25, 0.3) is 33.7 Å². The third-order valence-corrected chi connectivity index (χ3v) is 5.52. The van der Waals surface area contributed by atoms with E-state index >= 15 is 0 Å². The minimum absolute atomic E-state index is 0.0248. The Morgan fingerprint density at radius 2 is 1.67 bits per heavy atom. The van der Waals surface area contributed by atoms with Gasteiger partial charge in [-0.15, -0.1) is 0 Å². The molecule has 0 saturated carbocycles. The molecule has 0 saturated heterocycles. The quantitative estimate of drug-likeness (QED) is 0.533. The van der Waals surface area contributed by atoms with E-state index in [9.17, 15) is 13.2 Å². The molecular formula is C18H13ClN4O3S. The lowest BCUT2D eigenvalue weighted by atomic mass is 10.1. The van der Waals surface area contributed by atoms with Crippen LogP contribution in [0.4, 0.5) is 0 Å². The number of nitrogens with one attached hydrogen (secondary N) is 1. The summed E-state index contributed by atoms with van der Waals surface area (Å²) in [6.45, 7) is 0. The Bertz CT molecular complexity index is 1310. The number of rotatable bonds is 3. The molecule has 0 amide bonds. The lowest BCUT2D eigenvalue weighted by molar-refractivity contribution is 0.609. The fourth-order valence-corrected chi connectivity index (χ4v) is 3.64. The number of halogens is 1. The molecule has 0 radical (unpaired) electrons. The molecule has 7 nitrogen and oxygen atoms in total. The maximum Gasteiger partial charge on any atom is 0.262 e. The van der Waals surface area contributed by atoms with Gasteiger partial charge >= 0.3 is 0 Å². The summed E-state index contributed by atoms with van der Waals surface area (Å²) in [5.74, 6) is 0.314. The van der Waals surface area contributed by atoms with Crippen LogP contribution in [0.2, 0.25) is 0 Å². The Kier molecular flexibility index (Phi) is 4.09. The zero-order chi connectivity index (χ0) is 19.2. The molecule has 4 rings (SSSR count). The SMILES string of the molecule is Cn1nc(-c2ccccc2)c2c(=O)[nH]c(-c3ccc(S(=O)(=O)Cl)cc3)nc21. The number of aryl methyl sites for hydroxylation is 1. The molecule has 2 aromatic carbocycles. The van der Waals surface area contributed by atoms with Crippen molar-refractivity contribution in [3.63, 3.8) is 0 Å². The first kappa shape index (κ1) is 17.4. The third-order valence-electron chi connectivity index (χ3n) is 4.15. The molecule has 0 aliphatic rings. The number of benzene rings is 2. The molecule has 2 aromatic heterocycles. The number of aromatic nitrogens is 4. The van der Waals surface area contributed by atoms with E-state index in [1.807, 2.05) is 30.3 Å². The maximum atomic E-state index is 12.7. The molecule has 0 atom stereocenters. The first-order chi connectivity index (χ1) is 12.8. The van der Waals surface area contributed by atoms with Crippen LogP contribution in [0.3, 0.4) is 0 Å². The summed E-state index contributed by atoms with van der Waals surface area (Å²) in [4.78, 5) is 20.0. The number of aromatic amines is 1. The van der Waals surface area contributed by atoms with Crippen LogP contribution >= 0.6 is 10.7 Å². The Labute approximate surface area is 158 Å². The summed E-state index contributed by atoms with van der Waals surface area (Å²) in [6.07, 6.45) is 0. The monoisotopic (exact) mass is 400 g/mol. The minimum Gasteiger partial charge on any atom is -0.306 e. The highest BCUT2D eigenvalue weighted by Gasteiger charge is 2.17. The van der Waals surface area contributed by atoms with Gasteiger partial charge in [-0.2, -0.15) is 5.10 Å². The van der Waals surface area contributed by atoms with Gasteiger partial charge < -0.3 is 4.98 Å². The van der Waals surface area contributed by atoms with Crippen molar-refractivity contribution in [1.82, 2.24) is 19.7 Å². The average molecular weight is 401 g/mol. The number of fused-ring (bicyclic) bond motifs is 1. The fraction of sp³-hybridized carbons (Fsp3) is 0.0556. The standard InChI is InChI=1S/C18H13ClN4O3S/c1-23-17-14(15(22-23)11-5-3-2-4-6-11)18(24)21-16(20-17)12-7-9-13(10-8-12)27(19,25)26/h2-10H,1H3,(H,20,21,24). The Morgan fingerprint density at radius 3 is 2.30 bits per heavy atom. The molecule has 0 fully saturated rings. The summed E-state index contributed by atoms with van der Waals surface area (Å²) < 4.78 is 24.3. The molecular weight excluding hydrogens is 388 g/mol. The molecule has 136 valence electrons. The molecule has 0 aliphatic carbocycles. The molecule has 9 heteroatoms. The van der Waals surface area contributed by atoms with Crippen LogP contribution in [0.5, 0.6) is 0 Å². The second-order valence-corrected chi connectivity index (χ2v) is 8.48. The number of hydrogen-bond acceptors (Lipinski definition) is 5. The Balaban J connectivity index is 1.88. The van der Waals surface area contributed by atoms with Crippen molar-refractivity contribution in [3.05, 3.63) is 65.0 Å². The highest BCUT2D eigenvalue weighted by molar-refractivity contribution is 8.13. The average Bonchev–Trinajstić information content (AvgIpc) is 2.99. The van der Waals surface area contributed by atoms with E-state index in [2.05, 4.69) is 15.1 Å². The van der Waals surface area contributed by atoms with Crippen molar-refractivity contribution in [2.45, 2.75) is 4.90 Å². The van der Waals surface area contributed by atoms with Gasteiger partial charge in [0.05, 0.1) is 4.90 Å². The fourth-order valence-electron chi connectivity index (χ4n) is 2.87. The second kappa shape index (κ2) is 6.33. The summed E-state index contributed by atoms with van der Waals surface area (Å²) in [5, 5.41) is 4.84. The van der Waals surface area contributed by atoms with Crippen LogP contribution in [0.15, 0.2) is 64.3 Å². The summed E-state index contributed by atoms with van der Waals surface area (Å²) in [7, 11) is 3.23. The van der Waals surface area contributed by atoms with Gasteiger partial charge in [-0.25, -0.2) is 18.1 Å². The van der Waals surface area contributed by atoms with E-state index < -0.39 is 9.05 Å². The van der Waals surface area contributed by atoms with Crippen molar-refractivity contribution in [1.29, 1.82) is 0 Å². The van der Waals surface area contributed by atoms with E-state index in [1.54, 1.807) is 11.7 Å². The van der Waals surface area contributed by atoms with Crippen LogP contribution in [0, 0.1) is 0 Å². The largest absolute Gasteiger partial charge is 0.306 e. The lowest BCUT2D eigenvalue weighted by Gasteiger charge is -2.03. The van der Waals surface area contributed by atoms with Gasteiger partial charge in [0.2, 0.25) is 0 Å².